The van der Waals surface area contributed by atoms with E-state index in [2.05, 4.69) is 19.1 Å². The molecule has 2 heteroatoms. The summed E-state index contributed by atoms with van der Waals surface area (Å²) in [5.41, 5.74) is 7.96. The molecule has 1 rings (SSSR count). The van der Waals surface area contributed by atoms with Crippen LogP contribution in [0, 0.1) is 6.92 Å². The predicted molar refractivity (Wildman–Crippen MR) is 55.4 cm³/mol. The van der Waals surface area contributed by atoms with E-state index >= 15 is 0 Å². The van der Waals surface area contributed by atoms with Crippen molar-refractivity contribution < 1.29 is 4.79 Å². The van der Waals surface area contributed by atoms with Gasteiger partial charge in [-0.15, -0.1) is 0 Å². The fourth-order valence-corrected chi connectivity index (χ4v) is 0.839. The van der Waals surface area contributed by atoms with Crippen molar-refractivity contribution in [2.75, 3.05) is 0 Å². The topological polar surface area (TPSA) is 43.1 Å². The highest BCUT2D eigenvalue weighted by molar-refractivity contribution is 5.72. The molecule has 13 heavy (non-hydrogen) atoms. The molecule has 2 N–H and O–H groups in total. The molecule has 1 aromatic carbocycles. The van der Waals surface area contributed by atoms with Gasteiger partial charge in [0.25, 0.3) is 0 Å². The number of hydrogen-bond acceptors (Lipinski definition) is 2. The van der Waals surface area contributed by atoms with Crippen molar-refractivity contribution in [1.29, 1.82) is 0 Å². The largest absolute Gasteiger partial charge is 0.326 e. The number of carbonyl (C=O) groups excluding carboxylic acids is 1. The number of Topliss-reactive ketones (excluding diaryl/α,β-unsaturated/α-hetero) is 1. The van der Waals surface area contributed by atoms with Crippen LogP contribution in [0.5, 0.6) is 0 Å². The lowest BCUT2D eigenvalue weighted by Crippen LogP contribution is -1.97. The first-order valence-corrected chi connectivity index (χ1v) is 4.29. The van der Waals surface area contributed by atoms with Crippen molar-refractivity contribution >= 4 is 5.78 Å². The molecule has 0 aliphatic heterocycles. The first-order valence-electron chi connectivity index (χ1n) is 4.29. The average Bonchev–Trinajstić information content (AvgIpc) is 2.04. The summed E-state index contributed by atoms with van der Waals surface area (Å²) in [6, 6.07) is 8.15. The molecule has 0 spiro atoms. The van der Waals surface area contributed by atoms with Crippen LogP contribution in [0.1, 0.15) is 25.0 Å². The smallest absolute Gasteiger partial charge is 0.126 e. The van der Waals surface area contributed by atoms with Gasteiger partial charge in [-0.05, 0) is 31.9 Å². The molecule has 0 atom stereocenters. The maximum atomic E-state index is 9.44. The standard InChI is InChI=1S/C8H11N.C3H6O/c1-7-4-2-3-5-8(7)6-9;1-3(2)4/h2-5H,6,9H2,1H3;1-2H3. The molecule has 72 valence electrons. The lowest BCUT2D eigenvalue weighted by Gasteiger charge is -1.98. The summed E-state index contributed by atoms with van der Waals surface area (Å²) in [7, 11) is 0. The normalized spacial score (nSPS) is 8.62. The molecule has 0 saturated carbocycles. The minimum Gasteiger partial charge on any atom is -0.326 e. The highest BCUT2D eigenvalue weighted by Crippen LogP contribution is 2.04. The number of nitrogens with two attached hydrogens (primary N) is 1. The van der Waals surface area contributed by atoms with E-state index in [1.807, 2.05) is 12.1 Å². The summed E-state index contributed by atoms with van der Waals surface area (Å²) >= 11 is 0. The third-order valence-corrected chi connectivity index (χ3v) is 1.48. The molecule has 2 nitrogen and oxygen atoms in total. The van der Waals surface area contributed by atoms with Crippen LogP contribution in [0.15, 0.2) is 24.3 Å². The van der Waals surface area contributed by atoms with Crippen molar-refractivity contribution in [1.82, 2.24) is 0 Å². The Morgan fingerprint density at radius 3 is 2.08 bits per heavy atom. The predicted octanol–water partition coefficient (Wildman–Crippen LogP) is 2.05. The zero-order valence-corrected chi connectivity index (χ0v) is 8.50. The Morgan fingerprint density at radius 2 is 1.77 bits per heavy atom. The number of hydrogen-bond donors (Lipinski definition) is 1. The highest BCUT2D eigenvalue weighted by Gasteiger charge is 1.89. The highest BCUT2D eigenvalue weighted by atomic mass is 16.1. The quantitative estimate of drug-likeness (QED) is 0.717. The van der Waals surface area contributed by atoms with E-state index in [-0.39, 0.29) is 5.78 Å². The number of rotatable bonds is 1. The summed E-state index contributed by atoms with van der Waals surface area (Å²) in [5.74, 6) is 0.167. The van der Waals surface area contributed by atoms with Gasteiger partial charge in [0.2, 0.25) is 0 Å². The summed E-state index contributed by atoms with van der Waals surface area (Å²) in [5, 5.41) is 0. The molecule has 0 bridgehead atoms. The monoisotopic (exact) mass is 179 g/mol. The van der Waals surface area contributed by atoms with E-state index in [1.165, 1.54) is 25.0 Å². The minimum absolute atomic E-state index is 0.167. The molecule has 1 aromatic rings. The van der Waals surface area contributed by atoms with Crippen LogP contribution in [-0.2, 0) is 11.3 Å². The lowest BCUT2D eigenvalue weighted by molar-refractivity contribution is -0.114. The zero-order valence-electron chi connectivity index (χ0n) is 8.50. The first-order chi connectivity index (χ1) is 6.07. The first kappa shape index (κ1) is 11.8. The Hall–Kier alpha value is -1.15. The third kappa shape index (κ3) is 6.05. The number of carbonyl (C=O) groups is 1. The molecule has 0 aromatic heterocycles. The van der Waals surface area contributed by atoms with Crippen LogP contribution in [0.3, 0.4) is 0 Å². The van der Waals surface area contributed by atoms with Crippen LogP contribution < -0.4 is 5.73 Å². The Morgan fingerprint density at radius 1 is 1.31 bits per heavy atom. The molecule has 0 aliphatic carbocycles. The molecule has 0 saturated heterocycles. The van der Waals surface area contributed by atoms with E-state index in [9.17, 15) is 4.79 Å². The fourth-order valence-electron chi connectivity index (χ4n) is 0.839. The Bertz CT molecular complexity index is 265. The fraction of sp³-hybridized carbons (Fsp3) is 0.364. The van der Waals surface area contributed by atoms with Gasteiger partial charge >= 0.3 is 0 Å². The summed E-state index contributed by atoms with van der Waals surface area (Å²) in [6.07, 6.45) is 0. The molecule has 0 heterocycles. The SMILES string of the molecule is CC(C)=O.Cc1ccccc1CN. The molecule has 0 amide bonds. The maximum absolute atomic E-state index is 9.44. The summed E-state index contributed by atoms with van der Waals surface area (Å²) in [4.78, 5) is 9.44. The second-order valence-corrected chi connectivity index (χ2v) is 3.04. The molecule has 0 aliphatic rings. The van der Waals surface area contributed by atoms with Gasteiger partial charge in [0, 0.05) is 6.54 Å². The van der Waals surface area contributed by atoms with Gasteiger partial charge in [0.05, 0.1) is 0 Å². The molecule has 0 unspecified atom stereocenters. The van der Waals surface area contributed by atoms with Gasteiger partial charge in [0.1, 0.15) is 5.78 Å². The molecular weight excluding hydrogens is 162 g/mol. The molecule has 0 radical (unpaired) electrons. The van der Waals surface area contributed by atoms with Gasteiger partial charge in [-0.2, -0.15) is 0 Å². The zero-order chi connectivity index (χ0) is 10.3. The van der Waals surface area contributed by atoms with Crippen LogP contribution in [0.4, 0.5) is 0 Å². The van der Waals surface area contributed by atoms with E-state index in [0.717, 1.165) is 0 Å². The Balaban J connectivity index is 0.000000310. The number of aryl methyl sites for hydroxylation is 1. The molecule has 0 fully saturated rings. The average molecular weight is 179 g/mol. The number of benzene rings is 1. The summed E-state index contributed by atoms with van der Waals surface area (Å²) < 4.78 is 0. The van der Waals surface area contributed by atoms with Crippen molar-refractivity contribution in [2.45, 2.75) is 27.3 Å². The Labute approximate surface area is 79.8 Å². The summed E-state index contributed by atoms with van der Waals surface area (Å²) in [6.45, 7) is 5.77. The lowest BCUT2D eigenvalue weighted by atomic mass is 10.1. The van der Waals surface area contributed by atoms with E-state index in [0.29, 0.717) is 6.54 Å². The van der Waals surface area contributed by atoms with Gasteiger partial charge in [-0.25, -0.2) is 0 Å². The van der Waals surface area contributed by atoms with Gasteiger partial charge in [-0.1, -0.05) is 24.3 Å². The second-order valence-electron chi connectivity index (χ2n) is 3.04. The van der Waals surface area contributed by atoms with Crippen molar-refractivity contribution in [3.8, 4) is 0 Å². The van der Waals surface area contributed by atoms with Gasteiger partial charge in [-0.3, -0.25) is 0 Å². The maximum Gasteiger partial charge on any atom is 0.126 e. The van der Waals surface area contributed by atoms with Crippen LogP contribution >= 0.6 is 0 Å². The van der Waals surface area contributed by atoms with Gasteiger partial charge < -0.3 is 10.5 Å². The molecular formula is C11H17NO. The second kappa shape index (κ2) is 6.38. The van der Waals surface area contributed by atoms with Crippen LogP contribution in [0.2, 0.25) is 0 Å². The van der Waals surface area contributed by atoms with Crippen molar-refractivity contribution in [2.24, 2.45) is 5.73 Å². The Kier molecular flexibility index (Phi) is 5.81. The minimum atomic E-state index is 0.167. The van der Waals surface area contributed by atoms with E-state index in [4.69, 9.17) is 5.73 Å². The van der Waals surface area contributed by atoms with Crippen LogP contribution in [-0.4, -0.2) is 5.78 Å². The van der Waals surface area contributed by atoms with Crippen molar-refractivity contribution in [3.05, 3.63) is 35.4 Å². The third-order valence-electron chi connectivity index (χ3n) is 1.48. The van der Waals surface area contributed by atoms with Crippen molar-refractivity contribution in [3.63, 3.8) is 0 Å². The number of ketones is 1. The van der Waals surface area contributed by atoms with Crippen LogP contribution in [0.25, 0.3) is 0 Å². The van der Waals surface area contributed by atoms with E-state index in [1.54, 1.807) is 0 Å². The van der Waals surface area contributed by atoms with Gasteiger partial charge in [0.15, 0.2) is 0 Å². The van der Waals surface area contributed by atoms with E-state index < -0.39 is 0 Å².